The molecule has 1 unspecified atom stereocenters. The van der Waals surface area contributed by atoms with Crippen LogP contribution in [-0.4, -0.2) is 5.78 Å². The van der Waals surface area contributed by atoms with E-state index in [1.54, 1.807) is 6.07 Å². The van der Waals surface area contributed by atoms with Crippen LogP contribution in [0.3, 0.4) is 0 Å². The Kier molecular flexibility index (Phi) is 3.92. The van der Waals surface area contributed by atoms with Gasteiger partial charge in [-0.3, -0.25) is 4.79 Å². The highest BCUT2D eigenvalue weighted by Gasteiger charge is 2.41. The highest BCUT2D eigenvalue weighted by Crippen LogP contribution is 2.47. The van der Waals surface area contributed by atoms with Crippen LogP contribution in [-0.2, 0) is 4.79 Å². The molecule has 1 aliphatic heterocycles. The number of carbonyl (C=O) groups is 1. The first-order chi connectivity index (χ1) is 12.4. The van der Waals surface area contributed by atoms with Crippen LogP contribution in [0.5, 0.6) is 5.75 Å². The molecule has 1 aliphatic carbocycles. The minimum atomic E-state index is -0.465. The van der Waals surface area contributed by atoms with E-state index in [9.17, 15) is 9.18 Å². The fourth-order valence-electron chi connectivity index (χ4n) is 3.64. The molecule has 3 heteroatoms. The lowest BCUT2D eigenvalue weighted by Gasteiger charge is -2.36. The summed E-state index contributed by atoms with van der Waals surface area (Å²) in [6.07, 6.45) is 1.12. The van der Waals surface area contributed by atoms with E-state index in [2.05, 4.69) is 25.7 Å². The molecule has 0 radical (unpaired) electrons. The van der Waals surface area contributed by atoms with Crippen LogP contribution < -0.4 is 4.74 Å². The maximum absolute atomic E-state index is 13.9. The first-order valence-corrected chi connectivity index (χ1v) is 8.73. The molecule has 2 aromatic rings. The second-order valence-corrected chi connectivity index (χ2v) is 7.63. The highest BCUT2D eigenvalue weighted by molar-refractivity contribution is 6.00. The number of allylic oxidation sites excluding steroid dienone is 2. The number of ketones is 1. The SMILES string of the molecule is CC1(C)CC(=O)C2=C(C1)Oc1ccc(F)cc1C2C#Cc1ccccc1. The van der Waals surface area contributed by atoms with E-state index in [1.165, 1.54) is 12.1 Å². The predicted molar refractivity (Wildman–Crippen MR) is 98.1 cm³/mol. The van der Waals surface area contributed by atoms with Crippen molar-refractivity contribution in [3.05, 3.63) is 76.8 Å². The van der Waals surface area contributed by atoms with Gasteiger partial charge in [0.25, 0.3) is 0 Å². The third-order valence-electron chi connectivity index (χ3n) is 4.82. The predicted octanol–water partition coefficient (Wildman–Crippen LogP) is 5.00. The number of halogens is 1. The lowest BCUT2D eigenvalue weighted by atomic mass is 9.71. The van der Waals surface area contributed by atoms with Gasteiger partial charge in [-0.1, -0.05) is 43.9 Å². The number of rotatable bonds is 0. The van der Waals surface area contributed by atoms with Crippen LogP contribution >= 0.6 is 0 Å². The van der Waals surface area contributed by atoms with E-state index in [0.29, 0.717) is 35.5 Å². The average Bonchev–Trinajstić information content (AvgIpc) is 2.59. The summed E-state index contributed by atoms with van der Waals surface area (Å²) in [7, 11) is 0. The van der Waals surface area contributed by atoms with Crippen molar-refractivity contribution in [3.63, 3.8) is 0 Å². The quantitative estimate of drug-likeness (QED) is 0.628. The van der Waals surface area contributed by atoms with Crippen molar-refractivity contribution in [2.75, 3.05) is 0 Å². The van der Waals surface area contributed by atoms with Crippen LogP contribution in [0.2, 0.25) is 0 Å². The van der Waals surface area contributed by atoms with Gasteiger partial charge in [0, 0.05) is 24.0 Å². The van der Waals surface area contributed by atoms with Gasteiger partial charge in [0.2, 0.25) is 0 Å². The minimum Gasteiger partial charge on any atom is -0.461 e. The first kappa shape index (κ1) is 16.6. The molecule has 0 aromatic heterocycles. The Balaban J connectivity index is 1.85. The summed E-state index contributed by atoms with van der Waals surface area (Å²) in [4.78, 5) is 12.9. The molecular formula is C23H19FO2. The van der Waals surface area contributed by atoms with Gasteiger partial charge >= 0.3 is 0 Å². The molecule has 1 heterocycles. The molecule has 2 aliphatic rings. The normalized spacial score (nSPS) is 20.4. The van der Waals surface area contributed by atoms with Crippen molar-refractivity contribution in [1.29, 1.82) is 0 Å². The highest BCUT2D eigenvalue weighted by atomic mass is 19.1. The van der Waals surface area contributed by atoms with Crippen LogP contribution in [0.25, 0.3) is 0 Å². The smallest absolute Gasteiger partial charge is 0.164 e. The zero-order valence-electron chi connectivity index (χ0n) is 14.8. The zero-order chi connectivity index (χ0) is 18.3. The Hall–Kier alpha value is -2.86. The van der Waals surface area contributed by atoms with E-state index >= 15 is 0 Å². The molecule has 26 heavy (non-hydrogen) atoms. The molecule has 130 valence electrons. The average molecular weight is 346 g/mol. The second-order valence-electron chi connectivity index (χ2n) is 7.63. The number of Topliss-reactive ketones (excluding diaryl/α,β-unsaturated/α-hetero) is 1. The molecule has 2 aromatic carbocycles. The maximum Gasteiger partial charge on any atom is 0.164 e. The summed E-state index contributed by atoms with van der Waals surface area (Å²) < 4.78 is 19.9. The van der Waals surface area contributed by atoms with Crippen molar-refractivity contribution in [1.82, 2.24) is 0 Å². The van der Waals surface area contributed by atoms with E-state index in [-0.39, 0.29) is 17.0 Å². The molecule has 1 atom stereocenters. The number of fused-ring (bicyclic) bond motifs is 1. The van der Waals surface area contributed by atoms with Crippen molar-refractivity contribution < 1.29 is 13.9 Å². The molecule has 0 saturated heterocycles. The maximum atomic E-state index is 13.9. The second kappa shape index (κ2) is 6.14. The summed E-state index contributed by atoms with van der Waals surface area (Å²) in [5.41, 5.74) is 1.93. The van der Waals surface area contributed by atoms with E-state index in [1.807, 2.05) is 30.3 Å². The Bertz CT molecular complexity index is 974. The molecule has 4 rings (SSSR count). The summed E-state index contributed by atoms with van der Waals surface area (Å²) >= 11 is 0. The van der Waals surface area contributed by atoms with Crippen molar-refractivity contribution in [2.45, 2.75) is 32.6 Å². The van der Waals surface area contributed by atoms with Gasteiger partial charge in [-0.15, -0.1) is 0 Å². The van der Waals surface area contributed by atoms with E-state index < -0.39 is 5.92 Å². The lowest BCUT2D eigenvalue weighted by Crippen LogP contribution is -2.32. The van der Waals surface area contributed by atoms with Gasteiger partial charge in [0.1, 0.15) is 17.3 Å². The molecule has 2 nitrogen and oxygen atoms in total. The molecule has 0 spiro atoms. The Morgan fingerprint density at radius 1 is 1.12 bits per heavy atom. The Morgan fingerprint density at radius 3 is 2.65 bits per heavy atom. The van der Waals surface area contributed by atoms with Crippen molar-refractivity contribution >= 4 is 5.78 Å². The van der Waals surface area contributed by atoms with Gasteiger partial charge in [-0.25, -0.2) is 4.39 Å². The molecule has 0 amide bonds. The van der Waals surface area contributed by atoms with E-state index in [0.717, 1.165) is 5.56 Å². The van der Waals surface area contributed by atoms with Gasteiger partial charge in [0.05, 0.1) is 11.5 Å². The molecule has 0 N–H and O–H groups in total. The fraction of sp³-hybridized carbons (Fsp3) is 0.261. The molecule has 0 bridgehead atoms. The minimum absolute atomic E-state index is 0.0403. The Labute approximate surface area is 152 Å². The van der Waals surface area contributed by atoms with Gasteiger partial charge in [0.15, 0.2) is 5.78 Å². The van der Waals surface area contributed by atoms with Crippen LogP contribution in [0.1, 0.15) is 43.7 Å². The monoisotopic (exact) mass is 346 g/mol. The third kappa shape index (κ3) is 3.04. The van der Waals surface area contributed by atoms with E-state index in [4.69, 9.17) is 4.74 Å². The van der Waals surface area contributed by atoms with Crippen molar-refractivity contribution in [2.24, 2.45) is 5.41 Å². The topological polar surface area (TPSA) is 26.3 Å². The standard InChI is InChI=1S/C23H19FO2/c1-23(2)13-19(25)22-17(10-8-15-6-4-3-5-7-15)18-12-16(24)9-11-20(18)26-21(22)14-23/h3-7,9,11-12,17H,13-14H2,1-2H3. The Morgan fingerprint density at radius 2 is 1.88 bits per heavy atom. The number of ether oxygens (including phenoxy) is 1. The molecule has 0 fully saturated rings. The van der Waals surface area contributed by atoms with Gasteiger partial charge in [-0.05, 0) is 35.7 Å². The van der Waals surface area contributed by atoms with Crippen molar-refractivity contribution in [3.8, 4) is 17.6 Å². The summed E-state index contributed by atoms with van der Waals surface area (Å²) in [6, 6.07) is 14.0. The largest absolute Gasteiger partial charge is 0.461 e. The number of benzene rings is 2. The van der Waals surface area contributed by atoms with Crippen LogP contribution in [0, 0.1) is 23.1 Å². The number of hydrogen-bond donors (Lipinski definition) is 0. The zero-order valence-corrected chi connectivity index (χ0v) is 14.8. The number of carbonyl (C=O) groups excluding carboxylic acids is 1. The van der Waals surface area contributed by atoms with Crippen LogP contribution in [0.15, 0.2) is 59.9 Å². The summed E-state index contributed by atoms with van der Waals surface area (Å²) in [5, 5.41) is 0. The molecule has 0 saturated carbocycles. The summed E-state index contributed by atoms with van der Waals surface area (Å²) in [6.45, 7) is 4.12. The summed E-state index contributed by atoms with van der Waals surface area (Å²) in [5.74, 6) is 6.82. The number of hydrogen-bond acceptors (Lipinski definition) is 2. The third-order valence-corrected chi connectivity index (χ3v) is 4.82. The first-order valence-electron chi connectivity index (χ1n) is 8.73. The lowest BCUT2D eigenvalue weighted by molar-refractivity contribution is -0.118. The van der Waals surface area contributed by atoms with Gasteiger partial charge in [-0.2, -0.15) is 0 Å². The van der Waals surface area contributed by atoms with Gasteiger partial charge < -0.3 is 4.74 Å². The molecular weight excluding hydrogens is 327 g/mol. The fourth-order valence-corrected chi connectivity index (χ4v) is 3.64. The van der Waals surface area contributed by atoms with Crippen LogP contribution in [0.4, 0.5) is 4.39 Å².